The number of benzene rings is 1. The van der Waals surface area contributed by atoms with E-state index in [9.17, 15) is 13.2 Å². The first kappa shape index (κ1) is 17.8. The minimum absolute atomic E-state index is 0.128. The number of likely N-dealkylation sites (tertiary alicyclic amines) is 1. The Hall–Kier alpha value is -2.03. The maximum absolute atomic E-state index is 12.1. The molecular weight excluding hydrogens is 340 g/mol. The van der Waals surface area contributed by atoms with E-state index in [4.69, 9.17) is 0 Å². The Balaban J connectivity index is 1.75. The van der Waals surface area contributed by atoms with Gasteiger partial charge in [-0.1, -0.05) is 30.3 Å². The number of sulfonamides is 1. The van der Waals surface area contributed by atoms with Gasteiger partial charge < -0.3 is 0 Å². The van der Waals surface area contributed by atoms with E-state index in [1.807, 2.05) is 30.3 Å². The normalized spacial score (nSPS) is 19.0. The molecule has 1 aromatic carbocycles. The molecule has 1 aromatic heterocycles. The van der Waals surface area contributed by atoms with E-state index in [1.165, 1.54) is 17.0 Å². The van der Waals surface area contributed by atoms with Crippen LogP contribution in [0.4, 0.5) is 0 Å². The zero-order chi connectivity index (χ0) is 17.9. The molecule has 1 fully saturated rings. The van der Waals surface area contributed by atoms with Gasteiger partial charge in [0.1, 0.15) is 0 Å². The van der Waals surface area contributed by atoms with E-state index in [0.29, 0.717) is 13.2 Å². The van der Waals surface area contributed by atoms with Gasteiger partial charge in [0.15, 0.2) is 0 Å². The fourth-order valence-corrected chi connectivity index (χ4v) is 3.88. The molecule has 1 aliphatic rings. The lowest BCUT2D eigenvalue weighted by Gasteiger charge is -2.32. The van der Waals surface area contributed by atoms with E-state index in [-0.39, 0.29) is 11.6 Å². The summed E-state index contributed by atoms with van der Waals surface area (Å²) in [5.41, 5.74) is 1.52. The van der Waals surface area contributed by atoms with Crippen LogP contribution in [0, 0.1) is 0 Å². The number of rotatable bonds is 5. The number of hydrogen-bond donors (Lipinski definition) is 1. The second-order valence-electron chi connectivity index (χ2n) is 6.37. The first-order valence-corrected chi connectivity index (χ1v) is 10.1. The lowest BCUT2D eigenvalue weighted by atomic mass is 10.1. The van der Waals surface area contributed by atoms with Crippen LogP contribution < -0.4 is 10.3 Å². The van der Waals surface area contributed by atoms with Gasteiger partial charge in [0.05, 0.1) is 18.6 Å². The summed E-state index contributed by atoms with van der Waals surface area (Å²) in [5.74, 6) is 0. The van der Waals surface area contributed by atoms with Crippen LogP contribution in [0.5, 0.6) is 0 Å². The van der Waals surface area contributed by atoms with Crippen molar-refractivity contribution in [2.75, 3.05) is 19.3 Å². The molecule has 7 nitrogen and oxygen atoms in total. The molecule has 0 amide bonds. The highest BCUT2D eigenvalue weighted by molar-refractivity contribution is 7.88. The molecule has 1 N–H and O–H groups in total. The summed E-state index contributed by atoms with van der Waals surface area (Å²) < 4.78 is 26.9. The zero-order valence-electron chi connectivity index (χ0n) is 14.1. The highest BCUT2D eigenvalue weighted by Crippen LogP contribution is 2.15. The molecule has 2 aromatic rings. The zero-order valence-corrected chi connectivity index (χ0v) is 14.9. The number of piperidine rings is 1. The second-order valence-corrected chi connectivity index (χ2v) is 8.15. The van der Waals surface area contributed by atoms with E-state index in [0.717, 1.165) is 30.6 Å². The molecule has 1 saturated heterocycles. The Labute approximate surface area is 147 Å². The van der Waals surface area contributed by atoms with Crippen molar-refractivity contribution in [1.29, 1.82) is 0 Å². The minimum atomic E-state index is -3.23. The molecule has 3 rings (SSSR count). The van der Waals surface area contributed by atoms with Crippen LogP contribution in [0.2, 0.25) is 0 Å². The quantitative estimate of drug-likeness (QED) is 0.854. The lowest BCUT2D eigenvalue weighted by Crippen LogP contribution is -2.48. The van der Waals surface area contributed by atoms with Gasteiger partial charge in [-0.25, -0.2) is 17.8 Å². The summed E-state index contributed by atoms with van der Waals surface area (Å²) in [6, 6.07) is 12.8. The molecule has 0 spiro atoms. The minimum Gasteiger partial charge on any atom is -0.283 e. The van der Waals surface area contributed by atoms with Crippen LogP contribution in [0.25, 0.3) is 11.3 Å². The monoisotopic (exact) mass is 362 g/mol. The van der Waals surface area contributed by atoms with Crippen molar-refractivity contribution in [3.05, 3.63) is 52.8 Å². The Morgan fingerprint density at radius 2 is 1.96 bits per heavy atom. The third kappa shape index (κ3) is 4.97. The Morgan fingerprint density at radius 1 is 1.20 bits per heavy atom. The number of nitrogens with zero attached hydrogens (tertiary/aromatic N) is 3. The maximum atomic E-state index is 12.1. The number of hydrogen-bond acceptors (Lipinski definition) is 5. The first-order chi connectivity index (χ1) is 11.9. The SMILES string of the molecule is CS(=O)(=O)NC1CCCN(Cn2nc(-c3ccccc3)ccc2=O)C1. The molecule has 1 unspecified atom stereocenters. The van der Waals surface area contributed by atoms with Gasteiger partial charge in [0.2, 0.25) is 10.0 Å². The molecule has 1 atom stereocenters. The van der Waals surface area contributed by atoms with Crippen LogP contribution in [-0.2, 0) is 16.7 Å². The lowest BCUT2D eigenvalue weighted by molar-refractivity contribution is 0.151. The van der Waals surface area contributed by atoms with Crippen molar-refractivity contribution >= 4 is 10.0 Å². The maximum Gasteiger partial charge on any atom is 0.268 e. The van der Waals surface area contributed by atoms with Crippen molar-refractivity contribution in [3.63, 3.8) is 0 Å². The summed E-state index contributed by atoms with van der Waals surface area (Å²) in [6.45, 7) is 1.73. The summed E-state index contributed by atoms with van der Waals surface area (Å²) >= 11 is 0. The Bertz CT molecular complexity index is 880. The number of nitrogens with one attached hydrogen (secondary N) is 1. The standard InChI is InChI=1S/C17H22N4O3S/c1-25(23,24)19-15-8-5-11-20(12-15)13-21-17(22)10-9-16(18-21)14-6-3-2-4-7-14/h2-4,6-7,9-10,15,19H,5,8,11-13H2,1H3. The predicted molar refractivity (Wildman–Crippen MR) is 96.5 cm³/mol. The predicted octanol–water partition coefficient (Wildman–Crippen LogP) is 0.881. The van der Waals surface area contributed by atoms with Crippen molar-refractivity contribution in [1.82, 2.24) is 19.4 Å². The summed E-state index contributed by atoms with van der Waals surface area (Å²) in [6.07, 6.45) is 2.84. The van der Waals surface area contributed by atoms with Crippen molar-refractivity contribution in [2.45, 2.75) is 25.6 Å². The van der Waals surface area contributed by atoms with Crippen LogP contribution in [0.3, 0.4) is 0 Å². The van der Waals surface area contributed by atoms with Crippen molar-refractivity contribution in [3.8, 4) is 11.3 Å². The Kier molecular flexibility index (Phi) is 5.31. The highest BCUT2D eigenvalue weighted by atomic mass is 32.2. The third-order valence-electron chi connectivity index (χ3n) is 4.16. The summed E-state index contributed by atoms with van der Waals surface area (Å²) in [5, 5.41) is 4.46. The topological polar surface area (TPSA) is 84.3 Å². The molecule has 2 heterocycles. The molecule has 134 valence electrons. The number of aromatic nitrogens is 2. The fraction of sp³-hybridized carbons (Fsp3) is 0.412. The van der Waals surface area contributed by atoms with Gasteiger partial charge >= 0.3 is 0 Å². The second kappa shape index (κ2) is 7.47. The Morgan fingerprint density at radius 3 is 2.68 bits per heavy atom. The summed E-state index contributed by atoms with van der Waals surface area (Å²) in [4.78, 5) is 14.2. The van der Waals surface area contributed by atoms with Crippen LogP contribution >= 0.6 is 0 Å². The van der Waals surface area contributed by atoms with E-state index >= 15 is 0 Å². The summed E-state index contributed by atoms with van der Waals surface area (Å²) in [7, 11) is -3.23. The first-order valence-electron chi connectivity index (χ1n) is 8.24. The van der Waals surface area contributed by atoms with Gasteiger partial charge in [0.25, 0.3) is 5.56 Å². The third-order valence-corrected chi connectivity index (χ3v) is 4.92. The van der Waals surface area contributed by atoms with Gasteiger partial charge in [-0.2, -0.15) is 5.10 Å². The van der Waals surface area contributed by atoms with Crippen LogP contribution in [0.15, 0.2) is 47.3 Å². The molecule has 0 saturated carbocycles. The molecular formula is C17H22N4O3S. The molecule has 25 heavy (non-hydrogen) atoms. The smallest absolute Gasteiger partial charge is 0.268 e. The van der Waals surface area contributed by atoms with Gasteiger partial charge in [-0.05, 0) is 18.9 Å². The molecule has 0 aliphatic carbocycles. The fourth-order valence-electron chi connectivity index (χ4n) is 3.09. The van der Waals surface area contributed by atoms with E-state index < -0.39 is 10.0 Å². The van der Waals surface area contributed by atoms with Gasteiger partial charge in [0, 0.05) is 30.8 Å². The van der Waals surface area contributed by atoms with Gasteiger partial charge in [-0.15, -0.1) is 0 Å². The van der Waals surface area contributed by atoms with Crippen LogP contribution in [-0.4, -0.2) is 48.5 Å². The molecule has 0 bridgehead atoms. The molecule has 0 radical (unpaired) electrons. The molecule has 8 heteroatoms. The van der Waals surface area contributed by atoms with Crippen molar-refractivity contribution in [2.24, 2.45) is 0 Å². The molecule has 1 aliphatic heterocycles. The van der Waals surface area contributed by atoms with Crippen molar-refractivity contribution < 1.29 is 8.42 Å². The van der Waals surface area contributed by atoms with Gasteiger partial charge in [-0.3, -0.25) is 9.69 Å². The van der Waals surface area contributed by atoms with Crippen LogP contribution in [0.1, 0.15) is 12.8 Å². The average molecular weight is 362 g/mol. The van der Waals surface area contributed by atoms with E-state index in [1.54, 1.807) is 6.07 Å². The average Bonchev–Trinajstić information content (AvgIpc) is 2.56. The highest BCUT2D eigenvalue weighted by Gasteiger charge is 2.22. The van der Waals surface area contributed by atoms with E-state index in [2.05, 4.69) is 14.7 Å². The largest absolute Gasteiger partial charge is 0.283 e.